The Morgan fingerprint density at radius 1 is 0.931 bits per heavy atom. The summed E-state index contributed by atoms with van der Waals surface area (Å²) in [4.78, 5) is 29.0. The lowest BCUT2D eigenvalue weighted by atomic mass is 10.1. The molecule has 3 aromatic rings. The third kappa shape index (κ3) is 5.42. The fourth-order valence-corrected chi connectivity index (χ4v) is 2.74. The highest BCUT2D eigenvalue weighted by Gasteiger charge is 2.12. The first kappa shape index (κ1) is 20.1. The van der Waals surface area contributed by atoms with E-state index in [2.05, 4.69) is 22.5 Å². The summed E-state index contributed by atoms with van der Waals surface area (Å²) >= 11 is 0. The number of nitrogens with one attached hydrogen (secondary N) is 2. The molecule has 0 unspecified atom stereocenters. The number of benzene rings is 2. The zero-order valence-corrected chi connectivity index (χ0v) is 16.4. The van der Waals surface area contributed by atoms with Gasteiger partial charge in [0.15, 0.2) is 0 Å². The zero-order valence-electron chi connectivity index (χ0n) is 16.4. The first-order chi connectivity index (χ1) is 14.1. The van der Waals surface area contributed by atoms with Gasteiger partial charge >= 0.3 is 0 Å². The molecule has 0 saturated heterocycles. The van der Waals surface area contributed by atoms with Crippen LogP contribution in [0.1, 0.15) is 38.9 Å². The highest BCUT2D eigenvalue weighted by molar-refractivity contribution is 6.04. The average molecular weight is 389 g/mol. The SMILES string of the molecule is CCc1ccc(NC(=O)c2cc(C(=O)NCc3ccc(OC)cc3)ccn2)cc1. The van der Waals surface area contributed by atoms with Crippen LogP contribution in [-0.4, -0.2) is 23.9 Å². The van der Waals surface area contributed by atoms with Crippen molar-refractivity contribution in [3.63, 3.8) is 0 Å². The molecule has 2 amide bonds. The van der Waals surface area contributed by atoms with Crippen molar-refractivity contribution in [2.75, 3.05) is 12.4 Å². The van der Waals surface area contributed by atoms with Gasteiger partial charge in [-0.15, -0.1) is 0 Å². The average Bonchev–Trinajstić information content (AvgIpc) is 2.78. The van der Waals surface area contributed by atoms with Crippen molar-refractivity contribution in [3.05, 3.63) is 89.2 Å². The molecule has 6 heteroatoms. The van der Waals surface area contributed by atoms with E-state index >= 15 is 0 Å². The summed E-state index contributed by atoms with van der Waals surface area (Å²) in [6, 6.07) is 18.1. The minimum absolute atomic E-state index is 0.182. The van der Waals surface area contributed by atoms with Gasteiger partial charge in [0, 0.05) is 24.0 Å². The lowest BCUT2D eigenvalue weighted by Gasteiger charge is -2.08. The van der Waals surface area contributed by atoms with E-state index in [0.29, 0.717) is 17.8 Å². The highest BCUT2D eigenvalue weighted by atomic mass is 16.5. The van der Waals surface area contributed by atoms with Gasteiger partial charge in [0.1, 0.15) is 11.4 Å². The van der Waals surface area contributed by atoms with E-state index < -0.39 is 0 Å². The standard InChI is InChI=1S/C23H23N3O3/c1-3-16-4-8-19(9-5-16)26-23(28)21-14-18(12-13-24-21)22(27)25-15-17-6-10-20(29-2)11-7-17/h4-14H,3,15H2,1-2H3,(H,25,27)(H,26,28). The fraction of sp³-hybridized carbons (Fsp3) is 0.174. The molecule has 0 atom stereocenters. The number of aromatic nitrogens is 1. The molecule has 0 saturated carbocycles. The number of aryl methyl sites for hydroxylation is 1. The van der Waals surface area contributed by atoms with Gasteiger partial charge in [-0.25, -0.2) is 0 Å². The number of pyridine rings is 1. The molecule has 0 fully saturated rings. The molecule has 1 aromatic heterocycles. The predicted molar refractivity (Wildman–Crippen MR) is 112 cm³/mol. The Morgan fingerprint density at radius 3 is 2.28 bits per heavy atom. The normalized spacial score (nSPS) is 10.3. The molecular weight excluding hydrogens is 366 g/mol. The number of rotatable bonds is 7. The molecule has 6 nitrogen and oxygen atoms in total. The lowest BCUT2D eigenvalue weighted by molar-refractivity contribution is 0.0951. The maximum absolute atomic E-state index is 12.5. The first-order valence-electron chi connectivity index (χ1n) is 9.36. The summed E-state index contributed by atoms with van der Waals surface area (Å²) < 4.78 is 5.12. The van der Waals surface area contributed by atoms with Gasteiger partial charge in [-0.2, -0.15) is 0 Å². The Kier molecular flexibility index (Phi) is 6.58. The van der Waals surface area contributed by atoms with E-state index in [1.54, 1.807) is 13.2 Å². The molecule has 148 valence electrons. The molecule has 2 aromatic carbocycles. The summed E-state index contributed by atoms with van der Waals surface area (Å²) in [7, 11) is 1.61. The van der Waals surface area contributed by atoms with Crippen molar-refractivity contribution in [1.82, 2.24) is 10.3 Å². The summed E-state index contributed by atoms with van der Waals surface area (Å²) in [5, 5.41) is 5.64. The number of carbonyl (C=O) groups is 2. The molecule has 0 radical (unpaired) electrons. The van der Waals surface area contributed by atoms with Crippen LogP contribution >= 0.6 is 0 Å². The van der Waals surface area contributed by atoms with Crippen molar-refractivity contribution >= 4 is 17.5 Å². The minimum atomic E-state index is -0.362. The van der Waals surface area contributed by atoms with Gasteiger partial charge < -0.3 is 15.4 Å². The van der Waals surface area contributed by atoms with E-state index in [4.69, 9.17) is 4.74 Å². The molecule has 0 aliphatic heterocycles. The smallest absolute Gasteiger partial charge is 0.274 e. The van der Waals surface area contributed by atoms with Crippen LogP contribution in [0.3, 0.4) is 0 Å². The van der Waals surface area contributed by atoms with E-state index in [9.17, 15) is 9.59 Å². The minimum Gasteiger partial charge on any atom is -0.497 e. The fourth-order valence-electron chi connectivity index (χ4n) is 2.74. The van der Waals surface area contributed by atoms with Crippen molar-refractivity contribution < 1.29 is 14.3 Å². The van der Waals surface area contributed by atoms with Crippen LogP contribution in [0, 0.1) is 0 Å². The van der Waals surface area contributed by atoms with E-state index in [-0.39, 0.29) is 17.5 Å². The van der Waals surface area contributed by atoms with Gasteiger partial charge in [-0.05, 0) is 53.9 Å². The molecule has 1 heterocycles. The van der Waals surface area contributed by atoms with Crippen molar-refractivity contribution in [3.8, 4) is 5.75 Å². The Bertz CT molecular complexity index is 983. The number of amides is 2. The van der Waals surface area contributed by atoms with Crippen molar-refractivity contribution in [2.45, 2.75) is 19.9 Å². The molecule has 0 spiro atoms. The maximum Gasteiger partial charge on any atom is 0.274 e. The third-order valence-corrected chi connectivity index (χ3v) is 4.49. The lowest BCUT2D eigenvalue weighted by Crippen LogP contribution is -2.23. The summed E-state index contributed by atoms with van der Waals surface area (Å²) in [6.45, 7) is 2.44. The Balaban J connectivity index is 1.62. The van der Waals surface area contributed by atoms with Crippen LogP contribution < -0.4 is 15.4 Å². The Labute approximate surface area is 169 Å². The Morgan fingerprint density at radius 2 is 1.62 bits per heavy atom. The second kappa shape index (κ2) is 9.50. The first-order valence-corrected chi connectivity index (χ1v) is 9.36. The monoisotopic (exact) mass is 389 g/mol. The number of anilines is 1. The largest absolute Gasteiger partial charge is 0.497 e. The molecular formula is C23H23N3O3. The summed E-state index contributed by atoms with van der Waals surface area (Å²) in [5.74, 6) is 0.123. The van der Waals surface area contributed by atoms with Crippen molar-refractivity contribution in [2.24, 2.45) is 0 Å². The third-order valence-electron chi connectivity index (χ3n) is 4.49. The topological polar surface area (TPSA) is 80.3 Å². The van der Waals surface area contributed by atoms with Crippen LogP contribution in [-0.2, 0) is 13.0 Å². The summed E-state index contributed by atoms with van der Waals surface area (Å²) in [6.07, 6.45) is 2.39. The molecule has 3 rings (SSSR count). The van der Waals surface area contributed by atoms with Gasteiger partial charge in [0.2, 0.25) is 0 Å². The molecule has 0 aliphatic rings. The van der Waals surface area contributed by atoms with Crippen LogP contribution in [0.5, 0.6) is 5.75 Å². The van der Waals surface area contributed by atoms with Crippen LogP contribution in [0.4, 0.5) is 5.69 Å². The maximum atomic E-state index is 12.5. The second-order valence-corrected chi connectivity index (χ2v) is 6.47. The van der Waals surface area contributed by atoms with Gasteiger partial charge in [0.05, 0.1) is 7.11 Å². The van der Waals surface area contributed by atoms with Gasteiger partial charge in [-0.1, -0.05) is 31.2 Å². The summed E-state index contributed by atoms with van der Waals surface area (Å²) in [5.41, 5.74) is 3.38. The molecule has 0 bridgehead atoms. The number of nitrogens with zero attached hydrogens (tertiary/aromatic N) is 1. The van der Waals surface area contributed by atoms with Crippen LogP contribution in [0.2, 0.25) is 0 Å². The number of hydrogen-bond acceptors (Lipinski definition) is 4. The van der Waals surface area contributed by atoms with Crippen LogP contribution in [0.25, 0.3) is 0 Å². The molecule has 0 aliphatic carbocycles. The van der Waals surface area contributed by atoms with Crippen LogP contribution in [0.15, 0.2) is 66.9 Å². The number of ether oxygens (including phenoxy) is 1. The Hall–Kier alpha value is -3.67. The van der Waals surface area contributed by atoms with Gasteiger partial charge in [-0.3, -0.25) is 14.6 Å². The van der Waals surface area contributed by atoms with E-state index in [1.807, 2.05) is 48.5 Å². The quantitative estimate of drug-likeness (QED) is 0.643. The molecule has 2 N–H and O–H groups in total. The van der Waals surface area contributed by atoms with Gasteiger partial charge in [0.25, 0.3) is 11.8 Å². The second-order valence-electron chi connectivity index (χ2n) is 6.47. The molecule has 29 heavy (non-hydrogen) atoms. The van der Waals surface area contributed by atoms with E-state index in [1.165, 1.54) is 17.8 Å². The zero-order chi connectivity index (χ0) is 20.6. The number of methoxy groups -OCH3 is 1. The predicted octanol–water partition coefficient (Wildman–Crippen LogP) is 3.83. The highest BCUT2D eigenvalue weighted by Crippen LogP contribution is 2.13. The number of hydrogen-bond donors (Lipinski definition) is 2. The number of carbonyl (C=O) groups excluding carboxylic acids is 2. The van der Waals surface area contributed by atoms with Crippen molar-refractivity contribution in [1.29, 1.82) is 0 Å². The van der Waals surface area contributed by atoms with E-state index in [0.717, 1.165) is 17.7 Å².